The van der Waals surface area contributed by atoms with E-state index in [0.29, 0.717) is 6.04 Å². The van der Waals surface area contributed by atoms with Crippen molar-refractivity contribution in [2.45, 2.75) is 31.7 Å². The Morgan fingerprint density at radius 1 is 1.47 bits per heavy atom. The van der Waals surface area contributed by atoms with Gasteiger partial charge in [-0.15, -0.1) is 0 Å². The van der Waals surface area contributed by atoms with E-state index in [2.05, 4.69) is 36.2 Å². The van der Waals surface area contributed by atoms with E-state index in [9.17, 15) is 4.79 Å². The number of rotatable bonds is 4. The molecule has 0 fully saturated rings. The largest absolute Gasteiger partial charge is 0.481 e. The summed E-state index contributed by atoms with van der Waals surface area (Å²) in [6, 6.07) is 8.91. The molecule has 0 radical (unpaired) electrons. The topological polar surface area (TPSA) is 40.5 Å². The number of carboxylic acids is 1. The second-order valence-electron chi connectivity index (χ2n) is 4.73. The van der Waals surface area contributed by atoms with Gasteiger partial charge in [-0.25, -0.2) is 0 Å². The van der Waals surface area contributed by atoms with Gasteiger partial charge in [-0.05, 0) is 37.4 Å². The maximum absolute atomic E-state index is 10.6. The Labute approximate surface area is 102 Å². The molecule has 1 N–H and O–H groups in total. The molecule has 1 aromatic rings. The Hall–Kier alpha value is -1.35. The van der Waals surface area contributed by atoms with Crippen molar-refractivity contribution in [3.8, 4) is 0 Å². The first-order chi connectivity index (χ1) is 8.18. The van der Waals surface area contributed by atoms with Crippen LogP contribution in [0.2, 0.25) is 0 Å². The lowest BCUT2D eigenvalue weighted by Crippen LogP contribution is -2.32. The molecule has 17 heavy (non-hydrogen) atoms. The summed E-state index contributed by atoms with van der Waals surface area (Å²) < 4.78 is 0. The molecule has 0 spiro atoms. The van der Waals surface area contributed by atoms with Crippen molar-refractivity contribution >= 4 is 5.97 Å². The Balaban J connectivity index is 2.07. The Bertz CT molecular complexity index is 403. The van der Waals surface area contributed by atoms with Crippen LogP contribution in [0.4, 0.5) is 0 Å². The van der Waals surface area contributed by atoms with Gasteiger partial charge in [-0.3, -0.25) is 9.69 Å². The highest BCUT2D eigenvalue weighted by Gasteiger charge is 2.23. The van der Waals surface area contributed by atoms with Crippen LogP contribution in [0.15, 0.2) is 24.3 Å². The van der Waals surface area contributed by atoms with Crippen LogP contribution in [0.1, 0.15) is 36.4 Å². The van der Waals surface area contributed by atoms with Crippen LogP contribution in [0, 0.1) is 0 Å². The zero-order valence-corrected chi connectivity index (χ0v) is 10.2. The molecule has 3 heteroatoms. The summed E-state index contributed by atoms with van der Waals surface area (Å²) in [5.41, 5.74) is 2.80. The smallest absolute Gasteiger partial charge is 0.303 e. The molecule has 0 aromatic heterocycles. The zero-order chi connectivity index (χ0) is 12.3. The highest BCUT2D eigenvalue weighted by Crippen LogP contribution is 2.32. The minimum atomic E-state index is -0.697. The molecule has 1 unspecified atom stereocenters. The molecule has 0 aliphatic carbocycles. The number of fused-ring (bicyclic) bond motifs is 1. The Morgan fingerprint density at radius 3 is 3.00 bits per heavy atom. The third-order valence-corrected chi connectivity index (χ3v) is 3.55. The first kappa shape index (κ1) is 12.1. The molecule has 0 amide bonds. The van der Waals surface area contributed by atoms with Crippen molar-refractivity contribution < 1.29 is 9.90 Å². The molecule has 1 aliphatic heterocycles. The molecule has 1 aromatic carbocycles. The van der Waals surface area contributed by atoms with Crippen LogP contribution in [0.3, 0.4) is 0 Å². The first-order valence-corrected chi connectivity index (χ1v) is 6.18. The van der Waals surface area contributed by atoms with Gasteiger partial charge < -0.3 is 5.11 Å². The maximum Gasteiger partial charge on any atom is 0.303 e. The maximum atomic E-state index is 10.6. The standard InChI is InChI=1S/C14H19NO2/c1-15-10-9-11-5-2-3-6-12(11)13(15)7-4-8-14(16)17/h2-3,5-6,13H,4,7-10H2,1H3,(H,16,17). The highest BCUT2D eigenvalue weighted by atomic mass is 16.4. The van der Waals surface area contributed by atoms with E-state index in [-0.39, 0.29) is 6.42 Å². The number of aliphatic carboxylic acids is 1. The van der Waals surface area contributed by atoms with Crippen LogP contribution in [-0.2, 0) is 11.2 Å². The Morgan fingerprint density at radius 2 is 2.24 bits per heavy atom. The number of carbonyl (C=O) groups is 1. The normalized spacial score (nSPS) is 19.9. The van der Waals surface area contributed by atoms with Gasteiger partial charge in [0.2, 0.25) is 0 Å². The minimum absolute atomic E-state index is 0.270. The van der Waals surface area contributed by atoms with E-state index in [0.717, 1.165) is 25.8 Å². The van der Waals surface area contributed by atoms with Gasteiger partial charge in [0.15, 0.2) is 0 Å². The summed E-state index contributed by atoms with van der Waals surface area (Å²) in [6.45, 7) is 1.06. The van der Waals surface area contributed by atoms with Gasteiger partial charge in [-0.2, -0.15) is 0 Å². The number of carboxylic acid groups (broad SMARTS) is 1. The number of nitrogens with zero attached hydrogens (tertiary/aromatic N) is 1. The van der Waals surface area contributed by atoms with Crippen LogP contribution in [0.5, 0.6) is 0 Å². The zero-order valence-electron chi connectivity index (χ0n) is 10.2. The fraction of sp³-hybridized carbons (Fsp3) is 0.500. The summed E-state index contributed by atoms with van der Waals surface area (Å²) in [7, 11) is 2.13. The lowest BCUT2D eigenvalue weighted by molar-refractivity contribution is -0.137. The van der Waals surface area contributed by atoms with Crippen molar-refractivity contribution in [3.63, 3.8) is 0 Å². The van der Waals surface area contributed by atoms with Gasteiger partial charge in [0, 0.05) is 19.0 Å². The number of benzene rings is 1. The SMILES string of the molecule is CN1CCc2ccccc2C1CCCC(=O)O. The molecule has 0 bridgehead atoms. The van der Waals surface area contributed by atoms with Crippen molar-refractivity contribution in [2.75, 3.05) is 13.6 Å². The molecule has 92 valence electrons. The molecular formula is C14H19NO2. The second-order valence-corrected chi connectivity index (χ2v) is 4.73. The molecule has 0 saturated carbocycles. The molecule has 0 saturated heterocycles. The predicted octanol–water partition coefficient (Wildman–Crippen LogP) is 2.47. The van der Waals surface area contributed by atoms with Crippen molar-refractivity contribution in [1.82, 2.24) is 4.90 Å². The minimum Gasteiger partial charge on any atom is -0.481 e. The van der Waals surface area contributed by atoms with E-state index in [4.69, 9.17) is 5.11 Å². The molecule has 1 heterocycles. The lowest BCUT2D eigenvalue weighted by atomic mass is 9.90. The van der Waals surface area contributed by atoms with Gasteiger partial charge in [-0.1, -0.05) is 24.3 Å². The number of hydrogen-bond donors (Lipinski definition) is 1. The lowest BCUT2D eigenvalue weighted by Gasteiger charge is -2.34. The van der Waals surface area contributed by atoms with Crippen LogP contribution in [-0.4, -0.2) is 29.6 Å². The van der Waals surface area contributed by atoms with E-state index in [1.807, 2.05) is 0 Å². The monoisotopic (exact) mass is 233 g/mol. The number of hydrogen-bond acceptors (Lipinski definition) is 2. The third kappa shape index (κ3) is 2.86. The summed E-state index contributed by atoms with van der Waals surface area (Å²) in [5, 5.41) is 8.69. The van der Waals surface area contributed by atoms with E-state index < -0.39 is 5.97 Å². The van der Waals surface area contributed by atoms with Crippen LogP contribution < -0.4 is 0 Å². The van der Waals surface area contributed by atoms with Gasteiger partial charge in [0.25, 0.3) is 0 Å². The molecule has 1 atom stereocenters. The predicted molar refractivity (Wildman–Crippen MR) is 67.0 cm³/mol. The average molecular weight is 233 g/mol. The molecular weight excluding hydrogens is 214 g/mol. The highest BCUT2D eigenvalue weighted by molar-refractivity contribution is 5.66. The fourth-order valence-electron chi connectivity index (χ4n) is 2.60. The van der Waals surface area contributed by atoms with Crippen molar-refractivity contribution in [1.29, 1.82) is 0 Å². The van der Waals surface area contributed by atoms with Gasteiger partial charge >= 0.3 is 5.97 Å². The summed E-state index contributed by atoms with van der Waals surface area (Å²) >= 11 is 0. The molecule has 1 aliphatic rings. The van der Waals surface area contributed by atoms with Gasteiger partial charge in [0.05, 0.1) is 0 Å². The summed E-state index contributed by atoms with van der Waals surface area (Å²) in [4.78, 5) is 12.9. The first-order valence-electron chi connectivity index (χ1n) is 6.18. The van der Waals surface area contributed by atoms with E-state index in [1.54, 1.807) is 0 Å². The quantitative estimate of drug-likeness (QED) is 0.868. The second kappa shape index (κ2) is 5.32. The summed E-state index contributed by atoms with van der Waals surface area (Å²) in [6.07, 6.45) is 3.05. The average Bonchev–Trinajstić information content (AvgIpc) is 2.32. The molecule has 3 nitrogen and oxygen atoms in total. The van der Waals surface area contributed by atoms with Gasteiger partial charge in [0.1, 0.15) is 0 Å². The third-order valence-electron chi connectivity index (χ3n) is 3.55. The molecule has 2 rings (SSSR count). The summed E-state index contributed by atoms with van der Waals surface area (Å²) in [5.74, 6) is -0.697. The van der Waals surface area contributed by atoms with E-state index >= 15 is 0 Å². The fourth-order valence-corrected chi connectivity index (χ4v) is 2.60. The van der Waals surface area contributed by atoms with E-state index in [1.165, 1.54) is 11.1 Å². The van der Waals surface area contributed by atoms with Crippen LogP contribution in [0.25, 0.3) is 0 Å². The number of likely N-dealkylation sites (N-methyl/N-ethyl adjacent to an activating group) is 1. The van der Waals surface area contributed by atoms with Crippen LogP contribution >= 0.6 is 0 Å². The Kier molecular flexibility index (Phi) is 3.79. The van der Waals surface area contributed by atoms with Crippen molar-refractivity contribution in [3.05, 3.63) is 35.4 Å². The van der Waals surface area contributed by atoms with Crippen molar-refractivity contribution in [2.24, 2.45) is 0 Å².